The highest BCUT2D eigenvalue weighted by Gasteiger charge is 2.42. The van der Waals surface area contributed by atoms with E-state index in [1.54, 1.807) is 25.1 Å². The molecule has 0 spiro atoms. The maximum Gasteiger partial charge on any atom is 0.210 e. The minimum atomic E-state index is -1.59. The first kappa shape index (κ1) is 11.5. The second-order valence-corrected chi connectivity index (χ2v) is 4.28. The van der Waals surface area contributed by atoms with Crippen molar-refractivity contribution in [1.29, 1.82) is 0 Å². The average Bonchev–Trinajstić information content (AvgIpc) is 2.25. The number of morpholine rings is 1. The second-order valence-electron chi connectivity index (χ2n) is 4.28. The molecule has 0 aromatic heterocycles. The standard InChI is InChI=1S/C12H16FNO2/c1-8-7-16-12(15,9(2)14-8)10-5-3-4-6-11(10)13/h3-6,8-9,14-15H,7H2,1-2H3. The molecule has 0 saturated carbocycles. The Bertz CT molecular complexity index is 385. The Hall–Kier alpha value is -0.970. The van der Waals surface area contributed by atoms with Gasteiger partial charge in [-0.3, -0.25) is 0 Å². The first-order valence-corrected chi connectivity index (χ1v) is 5.41. The molecule has 1 aliphatic rings. The Morgan fingerprint density at radius 3 is 2.75 bits per heavy atom. The molecule has 3 nitrogen and oxygen atoms in total. The highest BCUT2D eigenvalue weighted by Crippen LogP contribution is 2.31. The van der Waals surface area contributed by atoms with Gasteiger partial charge in [0, 0.05) is 11.6 Å². The fraction of sp³-hybridized carbons (Fsp3) is 0.500. The van der Waals surface area contributed by atoms with Crippen molar-refractivity contribution in [3.05, 3.63) is 35.6 Å². The summed E-state index contributed by atoms with van der Waals surface area (Å²) in [5.74, 6) is -2.04. The molecule has 1 heterocycles. The van der Waals surface area contributed by atoms with Crippen LogP contribution >= 0.6 is 0 Å². The van der Waals surface area contributed by atoms with Gasteiger partial charge in [-0.25, -0.2) is 4.39 Å². The van der Waals surface area contributed by atoms with Crippen LogP contribution in [-0.2, 0) is 10.5 Å². The van der Waals surface area contributed by atoms with Crippen molar-refractivity contribution in [2.24, 2.45) is 0 Å². The number of benzene rings is 1. The van der Waals surface area contributed by atoms with Gasteiger partial charge in [0.1, 0.15) is 5.82 Å². The molecular formula is C12H16FNO2. The van der Waals surface area contributed by atoms with E-state index in [0.29, 0.717) is 6.61 Å². The maximum atomic E-state index is 13.6. The highest BCUT2D eigenvalue weighted by atomic mass is 19.1. The number of ether oxygens (including phenoxy) is 1. The van der Waals surface area contributed by atoms with Crippen molar-refractivity contribution >= 4 is 0 Å². The molecule has 88 valence electrons. The molecule has 2 rings (SSSR count). The third kappa shape index (κ3) is 1.84. The quantitative estimate of drug-likeness (QED) is 0.758. The van der Waals surface area contributed by atoms with Crippen LogP contribution in [0.4, 0.5) is 4.39 Å². The molecule has 0 radical (unpaired) electrons. The van der Waals surface area contributed by atoms with E-state index < -0.39 is 11.6 Å². The van der Waals surface area contributed by atoms with E-state index in [2.05, 4.69) is 5.32 Å². The number of nitrogens with one attached hydrogen (secondary N) is 1. The number of rotatable bonds is 1. The lowest BCUT2D eigenvalue weighted by atomic mass is 9.96. The van der Waals surface area contributed by atoms with Crippen LogP contribution in [0.3, 0.4) is 0 Å². The molecule has 3 atom stereocenters. The number of halogens is 1. The normalized spacial score (nSPS) is 35.0. The molecule has 1 aliphatic heterocycles. The van der Waals surface area contributed by atoms with Crippen molar-refractivity contribution in [2.45, 2.75) is 31.7 Å². The van der Waals surface area contributed by atoms with Crippen LogP contribution < -0.4 is 5.32 Å². The van der Waals surface area contributed by atoms with E-state index in [9.17, 15) is 9.50 Å². The molecule has 0 bridgehead atoms. The van der Waals surface area contributed by atoms with Crippen LogP contribution in [0.1, 0.15) is 19.4 Å². The van der Waals surface area contributed by atoms with Gasteiger partial charge in [-0.15, -0.1) is 0 Å². The molecule has 2 N–H and O–H groups in total. The third-order valence-electron chi connectivity index (χ3n) is 2.93. The molecule has 1 aromatic rings. The van der Waals surface area contributed by atoms with Gasteiger partial charge < -0.3 is 15.2 Å². The molecule has 1 fully saturated rings. The third-order valence-corrected chi connectivity index (χ3v) is 2.93. The molecule has 0 aliphatic carbocycles. The summed E-state index contributed by atoms with van der Waals surface area (Å²) in [5.41, 5.74) is 0.182. The minimum Gasteiger partial charge on any atom is -0.361 e. The molecule has 0 amide bonds. The Labute approximate surface area is 94.2 Å². The zero-order valence-electron chi connectivity index (χ0n) is 9.40. The first-order valence-electron chi connectivity index (χ1n) is 5.41. The molecule has 3 unspecified atom stereocenters. The summed E-state index contributed by atoms with van der Waals surface area (Å²) in [7, 11) is 0. The van der Waals surface area contributed by atoms with Gasteiger partial charge in [-0.1, -0.05) is 18.2 Å². The number of hydrogen-bond acceptors (Lipinski definition) is 3. The number of hydrogen-bond donors (Lipinski definition) is 2. The van der Waals surface area contributed by atoms with Crippen molar-refractivity contribution in [3.8, 4) is 0 Å². The Morgan fingerprint density at radius 2 is 2.12 bits per heavy atom. The van der Waals surface area contributed by atoms with Crippen LogP contribution in [0.2, 0.25) is 0 Å². The predicted octanol–water partition coefficient (Wildman–Crippen LogP) is 1.37. The monoisotopic (exact) mass is 225 g/mol. The predicted molar refractivity (Wildman–Crippen MR) is 58.3 cm³/mol. The largest absolute Gasteiger partial charge is 0.361 e. The fourth-order valence-corrected chi connectivity index (χ4v) is 2.03. The maximum absolute atomic E-state index is 13.6. The van der Waals surface area contributed by atoms with E-state index in [1.807, 2.05) is 6.92 Å². The summed E-state index contributed by atoms with van der Waals surface area (Å²) in [5, 5.41) is 13.5. The Balaban J connectivity index is 2.35. The molecular weight excluding hydrogens is 209 g/mol. The summed E-state index contributed by atoms with van der Waals surface area (Å²) in [6.45, 7) is 4.09. The van der Waals surface area contributed by atoms with Gasteiger partial charge in [0.25, 0.3) is 0 Å². The van der Waals surface area contributed by atoms with E-state index in [1.165, 1.54) is 6.07 Å². The van der Waals surface area contributed by atoms with Gasteiger partial charge in [0.15, 0.2) is 0 Å². The highest BCUT2D eigenvalue weighted by molar-refractivity contribution is 5.24. The van der Waals surface area contributed by atoms with E-state index in [0.717, 1.165) is 0 Å². The summed E-state index contributed by atoms with van der Waals surface area (Å²) in [4.78, 5) is 0. The first-order chi connectivity index (χ1) is 7.54. The van der Waals surface area contributed by atoms with Crippen molar-refractivity contribution in [3.63, 3.8) is 0 Å². The average molecular weight is 225 g/mol. The van der Waals surface area contributed by atoms with Crippen molar-refractivity contribution < 1.29 is 14.2 Å². The Kier molecular flexibility index (Phi) is 2.97. The van der Waals surface area contributed by atoms with Crippen molar-refractivity contribution in [1.82, 2.24) is 5.32 Å². The summed E-state index contributed by atoms with van der Waals surface area (Å²) in [6, 6.07) is 5.94. The van der Waals surface area contributed by atoms with Crippen LogP contribution in [0.5, 0.6) is 0 Å². The molecule has 4 heteroatoms. The lowest BCUT2D eigenvalue weighted by Gasteiger charge is -2.41. The van der Waals surface area contributed by atoms with Gasteiger partial charge in [0.2, 0.25) is 5.79 Å². The SMILES string of the molecule is CC1COC(O)(c2ccccc2F)C(C)N1. The Morgan fingerprint density at radius 1 is 1.44 bits per heavy atom. The van der Waals surface area contributed by atoms with E-state index in [-0.39, 0.29) is 17.6 Å². The van der Waals surface area contributed by atoms with E-state index in [4.69, 9.17) is 4.74 Å². The summed E-state index contributed by atoms with van der Waals surface area (Å²) >= 11 is 0. The lowest BCUT2D eigenvalue weighted by molar-refractivity contribution is -0.254. The van der Waals surface area contributed by atoms with Crippen molar-refractivity contribution in [2.75, 3.05) is 6.61 Å². The van der Waals surface area contributed by atoms with Gasteiger partial charge >= 0.3 is 0 Å². The minimum absolute atomic E-state index is 0.155. The van der Waals surface area contributed by atoms with Gasteiger partial charge in [-0.2, -0.15) is 0 Å². The smallest absolute Gasteiger partial charge is 0.210 e. The van der Waals surface area contributed by atoms with Crippen LogP contribution in [0, 0.1) is 5.82 Å². The number of aliphatic hydroxyl groups is 1. The second kappa shape index (κ2) is 4.13. The topological polar surface area (TPSA) is 41.5 Å². The van der Waals surface area contributed by atoms with Crippen LogP contribution in [-0.4, -0.2) is 23.8 Å². The van der Waals surface area contributed by atoms with Crippen LogP contribution in [0.15, 0.2) is 24.3 Å². The van der Waals surface area contributed by atoms with E-state index >= 15 is 0 Å². The zero-order chi connectivity index (χ0) is 11.8. The summed E-state index contributed by atoms with van der Waals surface area (Å²) in [6.07, 6.45) is 0. The van der Waals surface area contributed by atoms with Gasteiger partial charge in [0.05, 0.1) is 12.6 Å². The fourth-order valence-electron chi connectivity index (χ4n) is 2.03. The molecule has 16 heavy (non-hydrogen) atoms. The van der Waals surface area contributed by atoms with Gasteiger partial charge in [-0.05, 0) is 19.9 Å². The lowest BCUT2D eigenvalue weighted by Crippen LogP contribution is -2.58. The van der Waals surface area contributed by atoms with Crippen LogP contribution in [0.25, 0.3) is 0 Å². The molecule has 1 saturated heterocycles. The summed E-state index contributed by atoms with van der Waals surface area (Å²) < 4.78 is 19.0. The molecule has 1 aromatic carbocycles. The zero-order valence-corrected chi connectivity index (χ0v) is 9.40.